The van der Waals surface area contributed by atoms with Crippen LogP contribution in [-0.4, -0.2) is 30.7 Å². The number of nitrogens with zero attached hydrogens (tertiary/aromatic N) is 1. The van der Waals surface area contributed by atoms with Crippen LogP contribution in [-0.2, 0) is 9.59 Å². The van der Waals surface area contributed by atoms with Crippen molar-refractivity contribution in [3.8, 4) is 0 Å². The zero-order valence-electron chi connectivity index (χ0n) is 7.55. The van der Waals surface area contributed by atoms with Gasteiger partial charge in [0, 0.05) is 14.1 Å². The molecule has 3 nitrogen and oxygen atoms in total. The summed E-state index contributed by atoms with van der Waals surface area (Å²) < 4.78 is 0. The predicted molar refractivity (Wildman–Crippen MR) is 43.2 cm³/mol. The van der Waals surface area contributed by atoms with Crippen LogP contribution in [0.25, 0.3) is 0 Å². The fourth-order valence-corrected chi connectivity index (χ4v) is 0.948. The Kier molecular flexibility index (Phi) is 3.79. The third-order valence-corrected chi connectivity index (χ3v) is 1.64. The Hall–Kier alpha value is -0.860. The van der Waals surface area contributed by atoms with Crippen molar-refractivity contribution in [2.75, 3.05) is 14.1 Å². The van der Waals surface area contributed by atoms with Crippen LogP contribution in [0, 0.1) is 5.92 Å². The van der Waals surface area contributed by atoms with Gasteiger partial charge in [-0.3, -0.25) is 9.59 Å². The summed E-state index contributed by atoms with van der Waals surface area (Å²) in [6, 6.07) is 0. The lowest BCUT2D eigenvalue weighted by atomic mass is 10.0. The predicted octanol–water partition coefficient (Wildman–Crippen LogP) is 0.690. The van der Waals surface area contributed by atoms with E-state index in [9.17, 15) is 9.59 Å². The number of carbonyl (C=O) groups excluding carboxylic acids is 2. The molecule has 0 aliphatic carbocycles. The molecule has 0 saturated heterocycles. The molecule has 0 N–H and O–H groups in total. The second-order valence-corrected chi connectivity index (χ2v) is 2.80. The van der Waals surface area contributed by atoms with Gasteiger partial charge in [-0.05, 0) is 13.3 Å². The highest BCUT2D eigenvalue weighted by molar-refractivity contribution is 5.99. The van der Waals surface area contributed by atoms with Crippen molar-refractivity contribution in [2.24, 2.45) is 5.92 Å². The number of Topliss-reactive ketones (excluding diaryl/α,β-unsaturated/α-hetero) is 1. The van der Waals surface area contributed by atoms with Gasteiger partial charge in [-0.15, -0.1) is 0 Å². The van der Waals surface area contributed by atoms with E-state index in [0.29, 0.717) is 6.42 Å². The molecule has 0 aromatic rings. The van der Waals surface area contributed by atoms with Gasteiger partial charge in [0.25, 0.3) is 0 Å². The molecule has 0 saturated carbocycles. The summed E-state index contributed by atoms with van der Waals surface area (Å²) in [6.07, 6.45) is 0.590. The van der Waals surface area contributed by atoms with E-state index in [1.807, 2.05) is 6.92 Å². The maximum Gasteiger partial charge on any atom is 0.232 e. The Bertz CT molecular complexity index is 163. The second kappa shape index (κ2) is 4.11. The van der Waals surface area contributed by atoms with Crippen molar-refractivity contribution >= 4 is 11.7 Å². The average Bonchev–Trinajstić information content (AvgIpc) is 1.88. The zero-order chi connectivity index (χ0) is 9.02. The van der Waals surface area contributed by atoms with Gasteiger partial charge < -0.3 is 4.90 Å². The minimum atomic E-state index is -0.440. The molecule has 1 amide bonds. The van der Waals surface area contributed by atoms with E-state index in [-0.39, 0.29) is 11.7 Å². The van der Waals surface area contributed by atoms with E-state index in [2.05, 4.69) is 0 Å². The Balaban J connectivity index is 4.27. The highest BCUT2D eigenvalue weighted by atomic mass is 16.2. The van der Waals surface area contributed by atoms with Gasteiger partial charge in [-0.1, -0.05) is 6.92 Å². The summed E-state index contributed by atoms with van der Waals surface area (Å²) in [6.45, 7) is 3.29. The first-order valence-corrected chi connectivity index (χ1v) is 3.72. The first-order chi connectivity index (χ1) is 5.00. The molecular weight excluding hydrogens is 142 g/mol. The SMILES string of the molecule is CC[C@@H](C(C)=O)C(=O)N(C)C. The topological polar surface area (TPSA) is 37.4 Å². The second-order valence-electron chi connectivity index (χ2n) is 2.80. The molecule has 0 rings (SSSR count). The Morgan fingerprint density at radius 2 is 1.82 bits per heavy atom. The molecule has 0 aliphatic rings. The number of carbonyl (C=O) groups is 2. The molecule has 0 bridgehead atoms. The van der Waals surface area contributed by atoms with Gasteiger partial charge in [0.05, 0.1) is 5.92 Å². The van der Waals surface area contributed by atoms with Crippen molar-refractivity contribution in [3.63, 3.8) is 0 Å². The monoisotopic (exact) mass is 157 g/mol. The molecule has 3 heteroatoms. The number of rotatable bonds is 3. The summed E-state index contributed by atoms with van der Waals surface area (Å²) in [4.78, 5) is 23.5. The molecule has 0 spiro atoms. The van der Waals surface area contributed by atoms with Crippen molar-refractivity contribution in [1.82, 2.24) is 4.90 Å². The van der Waals surface area contributed by atoms with Crippen LogP contribution in [0.5, 0.6) is 0 Å². The van der Waals surface area contributed by atoms with E-state index >= 15 is 0 Å². The van der Waals surface area contributed by atoms with Crippen molar-refractivity contribution < 1.29 is 9.59 Å². The van der Waals surface area contributed by atoms with E-state index in [4.69, 9.17) is 0 Å². The van der Waals surface area contributed by atoms with Crippen molar-refractivity contribution in [3.05, 3.63) is 0 Å². The Morgan fingerprint density at radius 1 is 1.36 bits per heavy atom. The molecule has 0 aromatic heterocycles. The van der Waals surface area contributed by atoms with Crippen LogP contribution in [0.15, 0.2) is 0 Å². The fraction of sp³-hybridized carbons (Fsp3) is 0.750. The van der Waals surface area contributed by atoms with E-state index in [0.717, 1.165) is 0 Å². The standard InChI is InChI=1S/C8H15NO2/c1-5-7(6(2)10)8(11)9(3)4/h7H,5H2,1-4H3/t7-/m0/s1. The maximum atomic E-state index is 11.2. The third-order valence-electron chi connectivity index (χ3n) is 1.64. The first-order valence-electron chi connectivity index (χ1n) is 3.72. The largest absolute Gasteiger partial charge is 0.348 e. The zero-order valence-corrected chi connectivity index (χ0v) is 7.55. The molecule has 1 atom stereocenters. The van der Waals surface area contributed by atoms with Gasteiger partial charge in [0.15, 0.2) is 0 Å². The van der Waals surface area contributed by atoms with Gasteiger partial charge in [0.1, 0.15) is 5.78 Å². The van der Waals surface area contributed by atoms with Crippen LogP contribution < -0.4 is 0 Å². The van der Waals surface area contributed by atoms with Crippen LogP contribution in [0.2, 0.25) is 0 Å². The van der Waals surface area contributed by atoms with Crippen LogP contribution in [0.4, 0.5) is 0 Å². The molecule has 0 radical (unpaired) electrons. The molecule has 0 heterocycles. The Labute approximate surface area is 67.4 Å². The van der Waals surface area contributed by atoms with Crippen LogP contribution >= 0.6 is 0 Å². The lowest BCUT2D eigenvalue weighted by Gasteiger charge is -2.16. The molecule has 0 aromatic carbocycles. The van der Waals surface area contributed by atoms with E-state index in [1.165, 1.54) is 11.8 Å². The molecule has 0 fully saturated rings. The number of amides is 1. The van der Waals surface area contributed by atoms with Gasteiger partial charge in [-0.2, -0.15) is 0 Å². The highest BCUT2D eigenvalue weighted by Gasteiger charge is 2.21. The quantitative estimate of drug-likeness (QED) is 0.565. The van der Waals surface area contributed by atoms with Gasteiger partial charge >= 0.3 is 0 Å². The minimum absolute atomic E-state index is 0.0498. The Morgan fingerprint density at radius 3 is 1.91 bits per heavy atom. The lowest BCUT2D eigenvalue weighted by Crippen LogP contribution is -2.33. The third kappa shape index (κ3) is 2.70. The smallest absolute Gasteiger partial charge is 0.232 e. The summed E-state index contributed by atoms with van der Waals surface area (Å²) in [5, 5.41) is 0. The van der Waals surface area contributed by atoms with Gasteiger partial charge in [0.2, 0.25) is 5.91 Å². The summed E-state index contributed by atoms with van der Waals surface area (Å²) in [5.41, 5.74) is 0. The number of hydrogen-bond acceptors (Lipinski definition) is 2. The maximum absolute atomic E-state index is 11.2. The normalized spacial score (nSPS) is 12.4. The molecule has 0 aliphatic heterocycles. The van der Waals surface area contributed by atoms with E-state index in [1.54, 1.807) is 14.1 Å². The lowest BCUT2D eigenvalue weighted by molar-refractivity contribution is -0.138. The number of ketones is 1. The van der Waals surface area contributed by atoms with Crippen molar-refractivity contribution in [1.29, 1.82) is 0 Å². The summed E-state index contributed by atoms with van der Waals surface area (Å²) in [7, 11) is 3.32. The van der Waals surface area contributed by atoms with Crippen LogP contribution in [0.1, 0.15) is 20.3 Å². The first kappa shape index (κ1) is 10.1. The van der Waals surface area contributed by atoms with Crippen LogP contribution in [0.3, 0.4) is 0 Å². The highest BCUT2D eigenvalue weighted by Crippen LogP contribution is 2.06. The molecule has 0 unspecified atom stereocenters. The summed E-state index contributed by atoms with van der Waals surface area (Å²) >= 11 is 0. The molecular formula is C8H15NO2. The fourth-order valence-electron chi connectivity index (χ4n) is 0.948. The van der Waals surface area contributed by atoms with Crippen molar-refractivity contribution in [2.45, 2.75) is 20.3 Å². The van der Waals surface area contributed by atoms with E-state index < -0.39 is 5.92 Å². The average molecular weight is 157 g/mol. The molecule has 64 valence electrons. The van der Waals surface area contributed by atoms with Gasteiger partial charge in [-0.25, -0.2) is 0 Å². The molecule has 11 heavy (non-hydrogen) atoms. The minimum Gasteiger partial charge on any atom is -0.348 e. The number of hydrogen-bond donors (Lipinski definition) is 0. The summed E-state index contributed by atoms with van der Waals surface area (Å²) in [5.74, 6) is -0.587.